The van der Waals surface area contributed by atoms with Crippen LogP contribution >= 0.6 is 22.6 Å². The van der Waals surface area contributed by atoms with Crippen LogP contribution in [0, 0.1) is 3.57 Å². The van der Waals surface area contributed by atoms with Crippen molar-refractivity contribution in [1.82, 2.24) is 10.6 Å². The molecule has 5 heteroatoms. The Balaban J connectivity index is 2.45. The van der Waals surface area contributed by atoms with E-state index in [0.29, 0.717) is 5.56 Å². The number of halogens is 1. The molecule has 1 rings (SSSR count). The third-order valence-corrected chi connectivity index (χ3v) is 2.68. The van der Waals surface area contributed by atoms with Crippen molar-refractivity contribution >= 4 is 34.4 Å². The van der Waals surface area contributed by atoms with Gasteiger partial charge in [0.1, 0.15) is 0 Å². The van der Waals surface area contributed by atoms with Crippen molar-refractivity contribution < 1.29 is 9.59 Å². The SMILES string of the molecule is CC(C)NC(=O)CNC(=O)c1ccc(I)cc1. The molecule has 0 aliphatic carbocycles. The third-order valence-electron chi connectivity index (χ3n) is 1.97. The van der Waals surface area contributed by atoms with E-state index in [0.717, 1.165) is 3.57 Å². The Morgan fingerprint density at radius 2 is 1.82 bits per heavy atom. The molecule has 0 bridgehead atoms. The molecule has 0 heterocycles. The van der Waals surface area contributed by atoms with E-state index in [1.807, 2.05) is 26.0 Å². The van der Waals surface area contributed by atoms with Crippen molar-refractivity contribution in [3.05, 3.63) is 33.4 Å². The van der Waals surface area contributed by atoms with Gasteiger partial charge in [-0.2, -0.15) is 0 Å². The molecule has 0 spiro atoms. The fourth-order valence-electron chi connectivity index (χ4n) is 1.24. The molecule has 4 nitrogen and oxygen atoms in total. The topological polar surface area (TPSA) is 58.2 Å². The van der Waals surface area contributed by atoms with Crippen molar-refractivity contribution in [2.24, 2.45) is 0 Å². The van der Waals surface area contributed by atoms with E-state index >= 15 is 0 Å². The van der Waals surface area contributed by atoms with Gasteiger partial charge in [0.25, 0.3) is 5.91 Å². The van der Waals surface area contributed by atoms with Crippen LogP contribution in [-0.2, 0) is 4.79 Å². The largest absolute Gasteiger partial charge is 0.352 e. The van der Waals surface area contributed by atoms with Crippen LogP contribution in [0.2, 0.25) is 0 Å². The zero-order valence-corrected chi connectivity index (χ0v) is 11.9. The second-order valence-electron chi connectivity index (χ2n) is 3.91. The van der Waals surface area contributed by atoms with Gasteiger partial charge in [-0.15, -0.1) is 0 Å². The summed E-state index contributed by atoms with van der Waals surface area (Å²) in [7, 11) is 0. The van der Waals surface area contributed by atoms with E-state index in [1.54, 1.807) is 12.1 Å². The molecule has 0 saturated carbocycles. The zero-order valence-electron chi connectivity index (χ0n) is 9.79. The highest BCUT2D eigenvalue weighted by Gasteiger charge is 2.08. The molecule has 0 unspecified atom stereocenters. The molecule has 17 heavy (non-hydrogen) atoms. The Morgan fingerprint density at radius 1 is 1.24 bits per heavy atom. The number of nitrogens with one attached hydrogen (secondary N) is 2. The van der Waals surface area contributed by atoms with Crippen LogP contribution in [-0.4, -0.2) is 24.4 Å². The molecule has 0 aliphatic heterocycles. The van der Waals surface area contributed by atoms with Crippen molar-refractivity contribution in [2.75, 3.05) is 6.54 Å². The van der Waals surface area contributed by atoms with Gasteiger partial charge in [-0.1, -0.05) is 0 Å². The first kappa shape index (κ1) is 14.0. The molecule has 1 aromatic rings. The summed E-state index contributed by atoms with van der Waals surface area (Å²) < 4.78 is 1.07. The number of amides is 2. The molecule has 0 radical (unpaired) electrons. The highest BCUT2D eigenvalue weighted by Crippen LogP contribution is 2.06. The van der Waals surface area contributed by atoms with E-state index in [1.165, 1.54) is 0 Å². The van der Waals surface area contributed by atoms with E-state index < -0.39 is 0 Å². The fraction of sp³-hybridized carbons (Fsp3) is 0.333. The second-order valence-corrected chi connectivity index (χ2v) is 5.16. The van der Waals surface area contributed by atoms with E-state index in [4.69, 9.17) is 0 Å². The third kappa shape index (κ3) is 5.16. The Hall–Kier alpha value is -1.11. The predicted molar refractivity (Wildman–Crippen MR) is 74.8 cm³/mol. The first-order chi connectivity index (χ1) is 7.99. The summed E-state index contributed by atoms with van der Waals surface area (Å²) in [5, 5.41) is 5.27. The molecule has 0 aromatic heterocycles. The standard InChI is InChI=1S/C12H15IN2O2/c1-8(2)15-11(16)7-14-12(17)9-3-5-10(13)6-4-9/h3-6,8H,7H2,1-2H3,(H,14,17)(H,15,16). The maximum absolute atomic E-state index is 11.7. The molecule has 0 saturated heterocycles. The summed E-state index contributed by atoms with van der Waals surface area (Å²) in [6.07, 6.45) is 0. The van der Waals surface area contributed by atoms with E-state index in [2.05, 4.69) is 33.2 Å². The van der Waals surface area contributed by atoms with Gasteiger partial charge in [0.05, 0.1) is 6.54 Å². The minimum absolute atomic E-state index is 0.00298. The Kier molecular flexibility index (Phi) is 5.40. The quantitative estimate of drug-likeness (QED) is 0.813. The van der Waals surface area contributed by atoms with Crippen molar-refractivity contribution in [1.29, 1.82) is 0 Å². The summed E-state index contributed by atoms with van der Waals surface area (Å²) in [6, 6.07) is 7.25. The number of carbonyl (C=O) groups excluding carboxylic acids is 2. The second kappa shape index (κ2) is 6.58. The smallest absolute Gasteiger partial charge is 0.251 e. The maximum Gasteiger partial charge on any atom is 0.251 e. The van der Waals surface area contributed by atoms with Crippen LogP contribution in [0.15, 0.2) is 24.3 Å². The molecular weight excluding hydrogens is 331 g/mol. The minimum atomic E-state index is -0.236. The van der Waals surface area contributed by atoms with Crippen LogP contribution < -0.4 is 10.6 Å². The predicted octanol–water partition coefficient (Wildman–Crippen LogP) is 1.55. The van der Waals surface area contributed by atoms with Gasteiger partial charge in [-0.05, 0) is 60.7 Å². The van der Waals surface area contributed by atoms with Gasteiger partial charge in [-0.3, -0.25) is 9.59 Å². The summed E-state index contributed by atoms with van der Waals surface area (Å²) in [6.45, 7) is 3.75. The summed E-state index contributed by atoms with van der Waals surface area (Å²) in [5.41, 5.74) is 0.558. The van der Waals surface area contributed by atoms with Crippen LogP contribution in [0.5, 0.6) is 0 Å². The molecule has 2 N–H and O–H groups in total. The lowest BCUT2D eigenvalue weighted by molar-refractivity contribution is -0.120. The zero-order chi connectivity index (χ0) is 12.8. The first-order valence-electron chi connectivity index (χ1n) is 5.32. The Labute approximate surface area is 114 Å². The summed E-state index contributed by atoms with van der Waals surface area (Å²) in [5.74, 6) is -0.417. The number of carbonyl (C=O) groups is 2. The van der Waals surface area contributed by atoms with Gasteiger partial charge < -0.3 is 10.6 Å². The minimum Gasteiger partial charge on any atom is -0.352 e. The molecule has 2 amide bonds. The van der Waals surface area contributed by atoms with Gasteiger partial charge in [0.15, 0.2) is 0 Å². The first-order valence-corrected chi connectivity index (χ1v) is 6.40. The number of hydrogen-bond acceptors (Lipinski definition) is 2. The highest BCUT2D eigenvalue weighted by atomic mass is 127. The normalized spacial score (nSPS) is 10.1. The van der Waals surface area contributed by atoms with Crippen LogP contribution in [0.4, 0.5) is 0 Å². The van der Waals surface area contributed by atoms with Crippen molar-refractivity contribution in [3.63, 3.8) is 0 Å². The van der Waals surface area contributed by atoms with Crippen molar-refractivity contribution in [2.45, 2.75) is 19.9 Å². The average Bonchev–Trinajstić information content (AvgIpc) is 2.26. The van der Waals surface area contributed by atoms with Gasteiger partial charge >= 0.3 is 0 Å². The number of benzene rings is 1. The maximum atomic E-state index is 11.7. The molecule has 1 aromatic carbocycles. The van der Waals surface area contributed by atoms with E-state index in [-0.39, 0.29) is 24.4 Å². The number of rotatable bonds is 4. The molecular formula is C12H15IN2O2. The van der Waals surface area contributed by atoms with Crippen LogP contribution in [0.25, 0.3) is 0 Å². The van der Waals surface area contributed by atoms with Crippen LogP contribution in [0.3, 0.4) is 0 Å². The highest BCUT2D eigenvalue weighted by molar-refractivity contribution is 14.1. The van der Waals surface area contributed by atoms with Gasteiger partial charge in [0.2, 0.25) is 5.91 Å². The van der Waals surface area contributed by atoms with Crippen molar-refractivity contribution in [3.8, 4) is 0 Å². The Bertz CT molecular complexity index is 401. The average molecular weight is 346 g/mol. The molecule has 0 atom stereocenters. The Morgan fingerprint density at radius 3 is 2.35 bits per heavy atom. The lowest BCUT2D eigenvalue weighted by Crippen LogP contribution is -2.39. The molecule has 0 fully saturated rings. The van der Waals surface area contributed by atoms with E-state index in [9.17, 15) is 9.59 Å². The monoisotopic (exact) mass is 346 g/mol. The summed E-state index contributed by atoms with van der Waals surface area (Å²) in [4.78, 5) is 23.0. The number of hydrogen-bond donors (Lipinski definition) is 2. The van der Waals surface area contributed by atoms with Gasteiger partial charge in [0, 0.05) is 15.2 Å². The fourth-order valence-corrected chi connectivity index (χ4v) is 1.60. The van der Waals surface area contributed by atoms with Gasteiger partial charge in [-0.25, -0.2) is 0 Å². The molecule has 0 aliphatic rings. The summed E-state index contributed by atoms with van der Waals surface area (Å²) >= 11 is 2.17. The van der Waals surface area contributed by atoms with Crippen LogP contribution in [0.1, 0.15) is 24.2 Å². The lowest BCUT2D eigenvalue weighted by Gasteiger charge is -2.09. The molecule has 92 valence electrons. The lowest BCUT2D eigenvalue weighted by atomic mass is 10.2.